The SMILES string of the molecule is OCCC[C@@H](Cc1cccc(O)c1)[C@@H](CO)Cc1cccc(O)c1. The number of aliphatic hydroxyl groups is 2. The van der Waals surface area contributed by atoms with Gasteiger partial charge in [0.25, 0.3) is 0 Å². The van der Waals surface area contributed by atoms with Gasteiger partial charge in [-0.2, -0.15) is 0 Å². The zero-order valence-corrected chi connectivity index (χ0v) is 13.8. The molecule has 0 unspecified atom stereocenters. The Labute approximate surface area is 143 Å². The molecule has 0 aliphatic heterocycles. The van der Waals surface area contributed by atoms with E-state index in [-0.39, 0.29) is 36.5 Å². The lowest BCUT2D eigenvalue weighted by atomic mass is 9.80. The van der Waals surface area contributed by atoms with Crippen molar-refractivity contribution in [1.82, 2.24) is 0 Å². The maximum Gasteiger partial charge on any atom is 0.115 e. The van der Waals surface area contributed by atoms with Crippen LogP contribution in [0.3, 0.4) is 0 Å². The zero-order chi connectivity index (χ0) is 17.4. The van der Waals surface area contributed by atoms with Gasteiger partial charge in [-0.1, -0.05) is 24.3 Å². The Bertz CT molecular complexity index is 627. The Morgan fingerprint density at radius 2 is 1.29 bits per heavy atom. The third kappa shape index (κ3) is 5.55. The van der Waals surface area contributed by atoms with Crippen molar-refractivity contribution in [3.05, 3.63) is 59.7 Å². The van der Waals surface area contributed by atoms with Crippen LogP contribution < -0.4 is 0 Å². The van der Waals surface area contributed by atoms with Crippen LogP contribution in [-0.4, -0.2) is 33.6 Å². The Morgan fingerprint density at radius 1 is 0.750 bits per heavy atom. The van der Waals surface area contributed by atoms with Crippen LogP contribution in [0.25, 0.3) is 0 Å². The molecule has 0 radical (unpaired) electrons. The van der Waals surface area contributed by atoms with E-state index in [2.05, 4.69) is 0 Å². The van der Waals surface area contributed by atoms with E-state index in [9.17, 15) is 20.4 Å². The first-order valence-electron chi connectivity index (χ1n) is 8.40. The maximum atomic E-state index is 9.88. The van der Waals surface area contributed by atoms with E-state index >= 15 is 0 Å². The van der Waals surface area contributed by atoms with Crippen LogP contribution in [0.1, 0.15) is 24.0 Å². The van der Waals surface area contributed by atoms with E-state index in [4.69, 9.17) is 0 Å². The van der Waals surface area contributed by atoms with E-state index in [1.165, 1.54) is 0 Å². The second-order valence-corrected chi connectivity index (χ2v) is 6.32. The van der Waals surface area contributed by atoms with E-state index in [1.54, 1.807) is 30.3 Å². The van der Waals surface area contributed by atoms with Gasteiger partial charge in [0, 0.05) is 13.2 Å². The van der Waals surface area contributed by atoms with Gasteiger partial charge >= 0.3 is 0 Å². The summed E-state index contributed by atoms with van der Waals surface area (Å²) in [7, 11) is 0. The van der Waals surface area contributed by atoms with Crippen molar-refractivity contribution in [2.45, 2.75) is 25.7 Å². The number of phenolic OH excluding ortho intramolecular Hbond substituents is 2. The van der Waals surface area contributed by atoms with Gasteiger partial charge in [-0.25, -0.2) is 0 Å². The molecule has 0 spiro atoms. The molecule has 0 amide bonds. The fourth-order valence-corrected chi connectivity index (χ4v) is 3.21. The van der Waals surface area contributed by atoms with Crippen LogP contribution in [-0.2, 0) is 12.8 Å². The summed E-state index contributed by atoms with van der Waals surface area (Å²) in [5.41, 5.74) is 2.01. The summed E-state index contributed by atoms with van der Waals surface area (Å²) in [5.74, 6) is 0.679. The highest BCUT2D eigenvalue weighted by atomic mass is 16.3. The number of hydrogen-bond donors (Lipinski definition) is 4. The molecular weight excluding hydrogens is 304 g/mol. The topological polar surface area (TPSA) is 80.9 Å². The highest BCUT2D eigenvalue weighted by molar-refractivity contribution is 5.29. The highest BCUT2D eigenvalue weighted by Gasteiger charge is 2.22. The maximum absolute atomic E-state index is 9.88. The molecule has 0 bridgehead atoms. The minimum atomic E-state index is 0.0284. The van der Waals surface area contributed by atoms with Gasteiger partial charge in [0.1, 0.15) is 11.5 Å². The Morgan fingerprint density at radius 3 is 1.75 bits per heavy atom. The predicted octanol–water partition coefficient (Wildman–Crippen LogP) is 2.88. The van der Waals surface area contributed by atoms with Gasteiger partial charge in [0.15, 0.2) is 0 Å². The Balaban J connectivity index is 2.13. The van der Waals surface area contributed by atoms with Gasteiger partial charge < -0.3 is 20.4 Å². The molecule has 2 rings (SSSR count). The lowest BCUT2D eigenvalue weighted by Gasteiger charge is -2.26. The third-order valence-corrected chi connectivity index (χ3v) is 4.45. The first-order valence-corrected chi connectivity index (χ1v) is 8.40. The summed E-state index contributed by atoms with van der Waals surface area (Å²) < 4.78 is 0. The lowest BCUT2D eigenvalue weighted by Crippen LogP contribution is -2.23. The standard InChI is InChI=1S/C20H26O4/c21-9-3-6-17(10-15-4-1-7-19(23)12-15)18(14-22)11-16-5-2-8-20(24)13-16/h1-2,4-5,7-8,12-13,17-18,21-24H,3,6,9-11,14H2/t17-,18+/m0/s1. The number of aromatic hydroxyl groups is 2. The highest BCUT2D eigenvalue weighted by Crippen LogP contribution is 2.27. The van der Waals surface area contributed by atoms with Gasteiger partial charge in [0.05, 0.1) is 0 Å². The molecule has 0 aliphatic rings. The van der Waals surface area contributed by atoms with Crippen molar-refractivity contribution in [2.24, 2.45) is 11.8 Å². The average Bonchev–Trinajstić information content (AvgIpc) is 2.57. The third-order valence-electron chi connectivity index (χ3n) is 4.45. The van der Waals surface area contributed by atoms with Crippen LogP contribution in [0, 0.1) is 11.8 Å². The normalized spacial score (nSPS) is 13.6. The number of benzene rings is 2. The summed E-state index contributed by atoms with van der Waals surface area (Å²) in [5, 5.41) is 38.3. The quantitative estimate of drug-likeness (QED) is 0.570. The second kappa shape index (κ2) is 9.30. The smallest absolute Gasteiger partial charge is 0.115 e. The van der Waals surface area contributed by atoms with Gasteiger partial charge in [-0.15, -0.1) is 0 Å². The number of phenols is 2. The molecule has 2 atom stereocenters. The summed E-state index contributed by atoms with van der Waals surface area (Å²) in [6.07, 6.45) is 2.88. The first kappa shape index (κ1) is 18.3. The van der Waals surface area contributed by atoms with Gasteiger partial charge in [-0.05, 0) is 72.9 Å². The van der Waals surface area contributed by atoms with Crippen LogP contribution in [0.15, 0.2) is 48.5 Å². The molecule has 0 saturated heterocycles. The molecule has 24 heavy (non-hydrogen) atoms. The van der Waals surface area contributed by atoms with Crippen molar-refractivity contribution in [3.63, 3.8) is 0 Å². The van der Waals surface area contributed by atoms with Gasteiger partial charge in [0.2, 0.25) is 0 Å². The van der Waals surface area contributed by atoms with Crippen molar-refractivity contribution < 1.29 is 20.4 Å². The van der Waals surface area contributed by atoms with Crippen molar-refractivity contribution >= 4 is 0 Å². The van der Waals surface area contributed by atoms with Crippen molar-refractivity contribution in [2.75, 3.05) is 13.2 Å². The van der Waals surface area contributed by atoms with E-state index in [0.29, 0.717) is 12.8 Å². The molecular formula is C20H26O4. The molecule has 0 aliphatic carbocycles. The van der Waals surface area contributed by atoms with Crippen molar-refractivity contribution in [1.29, 1.82) is 0 Å². The molecule has 130 valence electrons. The monoisotopic (exact) mass is 330 g/mol. The lowest BCUT2D eigenvalue weighted by molar-refractivity contribution is 0.158. The minimum Gasteiger partial charge on any atom is -0.508 e. The fraction of sp³-hybridized carbons (Fsp3) is 0.400. The summed E-state index contributed by atoms with van der Waals surface area (Å²) >= 11 is 0. The molecule has 2 aromatic carbocycles. The molecule has 2 aromatic rings. The number of rotatable bonds is 9. The van der Waals surface area contributed by atoms with Crippen LogP contribution in [0.5, 0.6) is 11.5 Å². The van der Waals surface area contributed by atoms with Crippen LogP contribution in [0.2, 0.25) is 0 Å². The average molecular weight is 330 g/mol. The molecule has 0 fully saturated rings. The van der Waals surface area contributed by atoms with Crippen molar-refractivity contribution in [3.8, 4) is 11.5 Å². The van der Waals surface area contributed by atoms with E-state index in [0.717, 1.165) is 24.0 Å². The molecule has 4 N–H and O–H groups in total. The Hall–Kier alpha value is -2.04. The Kier molecular flexibility index (Phi) is 7.09. The largest absolute Gasteiger partial charge is 0.508 e. The zero-order valence-electron chi connectivity index (χ0n) is 13.8. The summed E-state index contributed by atoms with van der Waals surface area (Å²) in [6, 6.07) is 14.3. The molecule has 0 heterocycles. The number of aliphatic hydroxyl groups excluding tert-OH is 2. The predicted molar refractivity (Wildman–Crippen MR) is 94.0 cm³/mol. The molecule has 0 aromatic heterocycles. The summed E-state index contributed by atoms with van der Waals surface area (Å²) in [4.78, 5) is 0. The fourth-order valence-electron chi connectivity index (χ4n) is 3.21. The molecule has 4 nitrogen and oxygen atoms in total. The summed E-state index contributed by atoms with van der Waals surface area (Å²) in [6.45, 7) is 0.172. The molecule has 0 saturated carbocycles. The van der Waals surface area contributed by atoms with E-state index < -0.39 is 0 Å². The van der Waals surface area contributed by atoms with E-state index in [1.807, 2.05) is 18.2 Å². The second-order valence-electron chi connectivity index (χ2n) is 6.32. The van der Waals surface area contributed by atoms with Crippen LogP contribution in [0.4, 0.5) is 0 Å². The van der Waals surface area contributed by atoms with Gasteiger partial charge in [-0.3, -0.25) is 0 Å². The minimum absolute atomic E-state index is 0.0284. The first-order chi connectivity index (χ1) is 11.6. The molecule has 4 heteroatoms. The van der Waals surface area contributed by atoms with Crippen LogP contribution >= 0.6 is 0 Å². The number of hydrogen-bond acceptors (Lipinski definition) is 4.